The van der Waals surface area contributed by atoms with Crippen molar-refractivity contribution in [2.45, 2.75) is 69.8 Å². The second kappa shape index (κ2) is 6.24. The van der Waals surface area contributed by atoms with Crippen molar-refractivity contribution >= 4 is 0 Å². The van der Waals surface area contributed by atoms with Crippen LogP contribution in [0.25, 0.3) is 0 Å². The van der Waals surface area contributed by atoms with Crippen LogP contribution in [0.3, 0.4) is 0 Å². The van der Waals surface area contributed by atoms with E-state index in [1.807, 2.05) is 0 Å². The number of nitrogens with zero attached hydrogens (tertiary/aromatic N) is 2. The molecule has 1 saturated carbocycles. The number of rotatable bonds is 1. The van der Waals surface area contributed by atoms with Crippen LogP contribution in [0.15, 0.2) is 0 Å². The predicted octanol–water partition coefficient (Wildman–Crippen LogP) is 3.09. The summed E-state index contributed by atoms with van der Waals surface area (Å²) in [6.45, 7) is 1.96. The molecule has 1 unspecified atom stereocenters. The first-order chi connectivity index (χ1) is 9.12. The van der Waals surface area contributed by atoms with Crippen LogP contribution >= 0.6 is 0 Å². The molecule has 1 atom stereocenters. The van der Waals surface area contributed by atoms with Crippen molar-refractivity contribution in [3.05, 3.63) is 0 Å². The molecule has 0 amide bonds. The lowest BCUT2D eigenvalue weighted by Crippen LogP contribution is -2.48. The van der Waals surface area contributed by atoms with Gasteiger partial charge in [0.1, 0.15) is 0 Å². The maximum absolute atomic E-state index is 11.2. The Labute approximate surface area is 117 Å². The van der Waals surface area contributed by atoms with Gasteiger partial charge in [0, 0.05) is 6.54 Å². The van der Waals surface area contributed by atoms with Crippen molar-refractivity contribution in [2.75, 3.05) is 20.1 Å². The maximum atomic E-state index is 11.2. The third-order valence-electron chi connectivity index (χ3n) is 5.35. The molecule has 3 heteroatoms. The molecule has 2 rings (SSSR count). The number of nitriles is 1. The number of likely N-dealkylation sites (tertiary alicyclic amines) is 1. The molecule has 0 radical (unpaired) electrons. The third-order valence-corrected chi connectivity index (χ3v) is 5.35. The van der Waals surface area contributed by atoms with Crippen LogP contribution in [0.4, 0.5) is 0 Å². The van der Waals surface area contributed by atoms with Gasteiger partial charge >= 0.3 is 0 Å². The van der Waals surface area contributed by atoms with Crippen LogP contribution in [0, 0.1) is 16.7 Å². The van der Waals surface area contributed by atoms with Crippen LogP contribution in [0.2, 0.25) is 0 Å². The summed E-state index contributed by atoms with van der Waals surface area (Å²) >= 11 is 0. The Morgan fingerprint density at radius 3 is 2.16 bits per heavy atom. The van der Waals surface area contributed by atoms with E-state index in [1.165, 1.54) is 19.3 Å². The average Bonchev–Trinajstić information content (AvgIpc) is 2.53. The third kappa shape index (κ3) is 3.12. The molecule has 0 bridgehead atoms. The Morgan fingerprint density at radius 2 is 1.53 bits per heavy atom. The molecular weight excluding hydrogens is 236 g/mol. The molecule has 0 spiro atoms. The fraction of sp³-hybridized carbons (Fsp3) is 0.938. The molecule has 108 valence electrons. The minimum absolute atomic E-state index is 0.487. The first kappa shape index (κ1) is 14.8. The zero-order chi connectivity index (χ0) is 13.8. The van der Waals surface area contributed by atoms with Crippen molar-refractivity contribution in [1.29, 1.82) is 5.26 Å². The van der Waals surface area contributed by atoms with E-state index >= 15 is 0 Å². The topological polar surface area (TPSA) is 47.3 Å². The van der Waals surface area contributed by atoms with E-state index in [-0.39, 0.29) is 0 Å². The molecule has 2 aliphatic rings. The molecule has 1 saturated heterocycles. The summed E-state index contributed by atoms with van der Waals surface area (Å²) in [5.41, 5.74) is -1.25. The monoisotopic (exact) mass is 264 g/mol. The standard InChI is InChI=1S/C16H28N2O/c1-18-12-7-10-16(19,11-13-18)15(14-17)8-5-3-2-4-6-9-15/h19H,2-13H2,1H3. The molecule has 1 aliphatic heterocycles. The van der Waals surface area contributed by atoms with E-state index in [0.717, 1.165) is 58.0 Å². The molecule has 1 heterocycles. The summed E-state index contributed by atoms with van der Waals surface area (Å²) in [6, 6.07) is 2.57. The number of hydrogen-bond acceptors (Lipinski definition) is 3. The molecule has 0 aromatic rings. The van der Waals surface area contributed by atoms with Crippen molar-refractivity contribution < 1.29 is 5.11 Å². The number of hydrogen-bond donors (Lipinski definition) is 1. The smallest absolute Gasteiger partial charge is 0.0860 e. The van der Waals surface area contributed by atoms with E-state index in [4.69, 9.17) is 0 Å². The fourth-order valence-corrected chi connectivity index (χ4v) is 3.92. The van der Waals surface area contributed by atoms with Crippen LogP contribution in [-0.4, -0.2) is 35.7 Å². The normalized spacial score (nSPS) is 33.7. The van der Waals surface area contributed by atoms with Crippen LogP contribution < -0.4 is 0 Å². The highest BCUT2D eigenvalue weighted by Crippen LogP contribution is 2.47. The van der Waals surface area contributed by atoms with E-state index in [2.05, 4.69) is 18.0 Å². The van der Waals surface area contributed by atoms with Crippen LogP contribution in [-0.2, 0) is 0 Å². The summed E-state index contributed by atoms with van der Waals surface area (Å²) in [5.74, 6) is 0. The first-order valence-electron chi connectivity index (χ1n) is 7.94. The maximum Gasteiger partial charge on any atom is 0.0860 e. The Kier molecular flexibility index (Phi) is 4.86. The minimum Gasteiger partial charge on any atom is -0.388 e. The first-order valence-corrected chi connectivity index (χ1v) is 7.94. The van der Waals surface area contributed by atoms with E-state index in [9.17, 15) is 10.4 Å². The van der Waals surface area contributed by atoms with E-state index in [0.29, 0.717) is 0 Å². The highest BCUT2D eigenvalue weighted by atomic mass is 16.3. The fourth-order valence-electron chi connectivity index (χ4n) is 3.92. The second-order valence-electron chi connectivity index (χ2n) is 6.65. The summed E-state index contributed by atoms with van der Waals surface area (Å²) in [4.78, 5) is 2.28. The lowest BCUT2D eigenvalue weighted by Gasteiger charge is -2.43. The summed E-state index contributed by atoms with van der Waals surface area (Å²) < 4.78 is 0. The van der Waals surface area contributed by atoms with Crippen LogP contribution in [0.5, 0.6) is 0 Å². The van der Waals surface area contributed by atoms with Crippen molar-refractivity contribution in [1.82, 2.24) is 4.90 Å². The Balaban J connectivity index is 2.19. The van der Waals surface area contributed by atoms with Gasteiger partial charge in [-0.3, -0.25) is 0 Å². The van der Waals surface area contributed by atoms with Crippen molar-refractivity contribution in [2.24, 2.45) is 5.41 Å². The Bertz CT molecular complexity index is 328. The Morgan fingerprint density at radius 1 is 0.895 bits per heavy atom. The van der Waals surface area contributed by atoms with E-state index in [1.54, 1.807) is 0 Å². The summed E-state index contributed by atoms with van der Waals surface area (Å²) in [6.07, 6.45) is 10.3. The Hall–Kier alpha value is -0.590. The molecule has 3 nitrogen and oxygen atoms in total. The van der Waals surface area contributed by atoms with Crippen LogP contribution in [0.1, 0.15) is 64.2 Å². The minimum atomic E-state index is -0.760. The van der Waals surface area contributed by atoms with Gasteiger partial charge in [-0.2, -0.15) is 5.26 Å². The number of aliphatic hydroxyl groups is 1. The highest BCUT2D eigenvalue weighted by molar-refractivity contribution is 5.12. The zero-order valence-electron chi connectivity index (χ0n) is 12.3. The van der Waals surface area contributed by atoms with Gasteiger partial charge in [0.15, 0.2) is 0 Å². The second-order valence-corrected chi connectivity index (χ2v) is 6.65. The average molecular weight is 264 g/mol. The van der Waals surface area contributed by atoms with Gasteiger partial charge in [0.05, 0.1) is 17.1 Å². The molecule has 2 fully saturated rings. The van der Waals surface area contributed by atoms with Gasteiger partial charge in [-0.1, -0.05) is 32.1 Å². The highest BCUT2D eigenvalue weighted by Gasteiger charge is 2.50. The summed E-state index contributed by atoms with van der Waals surface area (Å²) in [5, 5.41) is 21.0. The lowest BCUT2D eigenvalue weighted by atomic mass is 9.63. The molecule has 19 heavy (non-hydrogen) atoms. The molecule has 1 aliphatic carbocycles. The molecule has 0 aromatic heterocycles. The van der Waals surface area contributed by atoms with Gasteiger partial charge in [-0.05, 0) is 45.7 Å². The lowest BCUT2D eigenvalue weighted by molar-refractivity contribution is -0.0776. The van der Waals surface area contributed by atoms with Gasteiger partial charge in [-0.25, -0.2) is 0 Å². The quantitative estimate of drug-likeness (QED) is 0.791. The van der Waals surface area contributed by atoms with E-state index < -0.39 is 11.0 Å². The van der Waals surface area contributed by atoms with Crippen molar-refractivity contribution in [3.63, 3.8) is 0 Å². The predicted molar refractivity (Wildman–Crippen MR) is 76.7 cm³/mol. The molecular formula is C16H28N2O. The molecule has 1 N–H and O–H groups in total. The largest absolute Gasteiger partial charge is 0.388 e. The SMILES string of the molecule is CN1CCCC(O)(C2(C#N)CCCCCCC2)CC1. The van der Waals surface area contributed by atoms with Gasteiger partial charge in [-0.15, -0.1) is 0 Å². The summed E-state index contributed by atoms with van der Waals surface area (Å²) in [7, 11) is 2.11. The van der Waals surface area contributed by atoms with Gasteiger partial charge in [0.25, 0.3) is 0 Å². The zero-order valence-corrected chi connectivity index (χ0v) is 12.3. The van der Waals surface area contributed by atoms with Gasteiger partial charge in [0.2, 0.25) is 0 Å². The molecule has 0 aromatic carbocycles. The van der Waals surface area contributed by atoms with Gasteiger partial charge < -0.3 is 10.0 Å². The van der Waals surface area contributed by atoms with Crippen molar-refractivity contribution in [3.8, 4) is 6.07 Å².